The second-order valence-electron chi connectivity index (χ2n) is 7.90. The van der Waals surface area contributed by atoms with Gasteiger partial charge in [0.15, 0.2) is 0 Å². The minimum absolute atomic E-state index is 0.0943. The predicted molar refractivity (Wildman–Crippen MR) is 118 cm³/mol. The van der Waals surface area contributed by atoms with Crippen molar-refractivity contribution in [2.45, 2.75) is 32.5 Å². The van der Waals surface area contributed by atoms with E-state index in [1.165, 1.54) is 5.56 Å². The molecule has 3 aromatic rings. The molecule has 0 amide bonds. The Bertz CT molecular complexity index is 1150. The Balaban J connectivity index is 1.57. The van der Waals surface area contributed by atoms with Crippen molar-refractivity contribution in [1.29, 1.82) is 0 Å². The number of hydrogen-bond acceptors (Lipinski definition) is 4. The molecular formula is C25H21ClN2O2. The Morgan fingerprint density at radius 1 is 1.00 bits per heavy atom. The average molecular weight is 417 g/mol. The highest BCUT2D eigenvalue weighted by molar-refractivity contribution is 6.30. The molecule has 2 heterocycles. The minimum atomic E-state index is -0.811. The largest absolute Gasteiger partial charge is 0.461 e. The summed E-state index contributed by atoms with van der Waals surface area (Å²) in [6.45, 7) is 4.06. The number of hydrazone groups is 1. The molecule has 2 unspecified atom stereocenters. The van der Waals surface area contributed by atoms with Crippen molar-refractivity contribution in [3.8, 4) is 5.75 Å². The van der Waals surface area contributed by atoms with Gasteiger partial charge >= 0.3 is 0 Å². The molecule has 0 bridgehead atoms. The molecule has 0 saturated carbocycles. The van der Waals surface area contributed by atoms with Crippen LogP contribution in [0.3, 0.4) is 0 Å². The summed E-state index contributed by atoms with van der Waals surface area (Å²) in [5, 5.41) is 7.29. The Kier molecular flexibility index (Phi) is 4.59. The van der Waals surface area contributed by atoms with Gasteiger partial charge in [-0.2, -0.15) is 5.10 Å². The van der Waals surface area contributed by atoms with Gasteiger partial charge in [-0.05, 0) is 37.6 Å². The van der Waals surface area contributed by atoms with Crippen molar-refractivity contribution in [3.63, 3.8) is 0 Å². The highest BCUT2D eigenvalue weighted by Crippen LogP contribution is 2.44. The van der Waals surface area contributed by atoms with Crippen LogP contribution in [0.5, 0.6) is 5.75 Å². The zero-order chi connectivity index (χ0) is 20.8. The highest BCUT2D eigenvalue weighted by atomic mass is 35.5. The average Bonchev–Trinajstić information content (AvgIpc) is 3.19. The number of hydrogen-bond donors (Lipinski definition) is 0. The van der Waals surface area contributed by atoms with Crippen LogP contribution in [-0.4, -0.2) is 22.7 Å². The van der Waals surface area contributed by atoms with Crippen LogP contribution in [0.15, 0.2) is 71.8 Å². The van der Waals surface area contributed by atoms with E-state index in [1.807, 2.05) is 43.3 Å². The molecule has 0 radical (unpaired) electrons. The summed E-state index contributed by atoms with van der Waals surface area (Å²) in [5.74, 6) is 0.584. The Morgan fingerprint density at radius 3 is 2.37 bits per heavy atom. The van der Waals surface area contributed by atoms with E-state index in [9.17, 15) is 4.79 Å². The fourth-order valence-electron chi connectivity index (χ4n) is 4.01. The second kappa shape index (κ2) is 7.29. The first-order valence-electron chi connectivity index (χ1n) is 9.99. The van der Waals surface area contributed by atoms with Gasteiger partial charge in [-0.25, -0.2) is 5.01 Å². The van der Waals surface area contributed by atoms with Crippen LogP contribution < -0.4 is 4.74 Å². The molecular weight excluding hydrogens is 396 g/mol. The van der Waals surface area contributed by atoms with Crippen molar-refractivity contribution in [3.05, 3.63) is 99.6 Å². The molecule has 2 aliphatic heterocycles. The summed E-state index contributed by atoms with van der Waals surface area (Å²) in [5.41, 5.74) is 5.87. The van der Waals surface area contributed by atoms with E-state index in [4.69, 9.17) is 21.4 Å². The second-order valence-corrected chi connectivity index (χ2v) is 8.33. The summed E-state index contributed by atoms with van der Waals surface area (Å²) in [7, 11) is 0. The van der Waals surface area contributed by atoms with Crippen LogP contribution in [0.25, 0.3) is 0 Å². The Hall–Kier alpha value is -3.11. The third-order valence-electron chi connectivity index (χ3n) is 5.70. The number of rotatable bonds is 3. The zero-order valence-corrected chi connectivity index (χ0v) is 17.6. The van der Waals surface area contributed by atoms with Crippen molar-refractivity contribution < 1.29 is 9.53 Å². The lowest BCUT2D eigenvalue weighted by Gasteiger charge is -2.37. The van der Waals surface area contributed by atoms with Gasteiger partial charge in [0.05, 0.1) is 11.8 Å². The van der Waals surface area contributed by atoms with Crippen LogP contribution in [0.2, 0.25) is 5.02 Å². The zero-order valence-electron chi connectivity index (χ0n) is 16.8. The molecule has 2 atom stereocenters. The van der Waals surface area contributed by atoms with E-state index in [2.05, 4.69) is 31.2 Å². The van der Waals surface area contributed by atoms with Crippen LogP contribution in [0.1, 0.15) is 45.1 Å². The predicted octanol–water partition coefficient (Wildman–Crippen LogP) is 5.71. The number of nitrogens with zero attached hydrogens (tertiary/aromatic N) is 2. The summed E-state index contributed by atoms with van der Waals surface area (Å²) in [6, 6.07) is 21.3. The smallest absolute Gasteiger partial charge is 0.251 e. The molecule has 0 aromatic heterocycles. The SMILES string of the molecule is Cc1ccc(C(=O)C2Oc3ccc(Cl)cc3C3CC(c4ccc(C)cc4)=NN23)cc1. The molecule has 5 rings (SSSR count). The number of carbonyl (C=O) groups is 1. The number of halogens is 1. The molecule has 0 saturated heterocycles. The summed E-state index contributed by atoms with van der Waals surface area (Å²) in [4.78, 5) is 13.4. The van der Waals surface area contributed by atoms with Gasteiger partial charge in [-0.3, -0.25) is 4.79 Å². The summed E-state index contributed by atoms with van der Waals surface area (Å²) < 4.78 is 6.16. The fraction of sp³-hybridized carbons (Fsp3) is 0.200. The van der Waals surface area contributed by atoms with Gasteiger partial charge in [0, 0.05) is 22.6 Å². The van der Waals surface area contributed by atoms with Gasteiger partial charge < -0.3 is 4.74 Å². The van der Waals surface area contributed by atoms with Crippen LogP contribution in [0, 0.1) is 13.8 Å². The monoisotopic (exact) mass is 416 g/mol. The standard InChI is InChI=1S/C25H21ClN2O2/c1-15-3-7-17(8-4-15)21-14-22-20-13-19(26)11-12-23(20)30-25(28(22)27-21)24(29)18-9-5-16(2)6-10-18/h3-13,22,25H,14H2,1-2H3. The topological polar surface area (TPSA) is 41.9 Å². The van der Waals surface area contributed by atoms with Gasteiger partial charge in [0.1, 0.15) is 5.75 Å². The molecule has 0 fully saturated rings. The van der Waals surface area contributed by atoms with Gasteiger partial charge in [-0.15, -0.1) is 0 Å². The third kappa shape index (κ3) is 3.27. The lowest BCUT2D eigenvalue weighted by Crippen LogP contribution is -2.45. The number of fused-ring (bicyclic) bond motifs is 3. The van der Waals surface area contributed by atoms with Crippen molar-refractivity contribution in [2.75, 3.05) is 0 Å². The lowest BCUT2D eigenvalue weighted by atomic mass is 9.95. The summed E-state index contributed by atoms with van der Waals surface area (Å²) >= 11 is 6.27. The van der Waals surface area contributed by atoms with E-state index in [-0.39, 0.29) is 11.8 Å². The maximum absolute atomic E-state index is 13.4. The normalized spacial score (nSPS) is 19.6. The molecule has 0 aliphatic carbocycles. The van der Waals surface area contributed by atoms with E-state index in [0.717, 1.165) is 22.4 Å². The van der Waals surface area contributed by atoms with Crippen molar-refractivity contribution >= 4 is 23.1 Å². The van der Waals surface area contributed by atoms with Crippen molar-refractivity contribution in [1.82, 2.24) is 5.01 Å². The lowest BCUT2D eigenvalue weighted by molar-refractivity contribution is -0.00455. The quantitative estimate of drug-likeness (QED) is 0.513. The Morgan fingerprint density at radius 2 is 1.67 bits per heavy atom. The molecule has 2 aliphatic rings. The number of aryl methyl sites for hydroxylation is 2. The first-order chi connectivity index (χ1) is 14.5. The van der Waals surface area contributed by atoms with E-state index in [1.54, 1.807) is 11.1 Å². The fourth-order valence-corrected chi connectivity index (χ4v) is 4.19. The number of benzene rings is 3. The third-order valence-corrected chi connectivity index (χ3v) is 5.93. The molecule has 150 valence electrons. The Labute approximate surface area is 180 Å². The first kappa shape index (κ1) is 18.9. The molecule has 0 spiro atoms. The molecule has 5 heteroatoms. The maximum Gasteiger partial charge on any atom is 0.251 e. The molecule has 4 nitrogen and oxygen atoms in total. The van der Waals surface area contributed by atoms with Gasteiger partial charge in [0.25, 0.3) is 6.23 Å². The van der Waals surface area contributed by atoms with Gasteiger partial charge in [0.2, 0.25) is 5.78 Å². The molecule has 30 heavy (non-hydrogen) atoms. The summed E-state index contributed by atoms with van der Waals surface area (Å²) in [6.07, 6.45) is -0.119. The van der Waals surface area contributed by atoms with E-state index in [0.29, 0.717) is 22.8 Å². The number of ether oxygens (including phenoxy) is 1. The van der Waals surface area contributed by atoms with E-state index >= 15 is 0 Å². The van der Waals surface area contributed by atoms with Gasteiger partial charge in [-0.1, -0.05) is 71.3 Å². The van der Waals surface area contributed by atoms with Crippen LogP contribution in [-0.2, 0) is 0 Å². The maximum atomic E-state index is 13.4. The number of ketones is 1. The molecule has 0 N–H and O–H groups in total. The molecule has 3 aromatic carbocycles. The first-order valence-corrected chi connectivity index (χ1v) is 10.4. The van der Waals surface area contributed by atoms with Crippen molar-refractivity contribution in [2.24, 2.45) is 5.10 Å². The number of Topliss-reactive ketones (excluding diaryl/α,β-unsaturated/α-hetero) is 1. The van der Waals surface area contributed by atoms with E-state index < -0.39 is 6.23 Å². The minimum Gasteiger partial charge on any atom is -0.461 e. The number of carbonyl (C=O) groups excluding carboxylic acids is 1. The highest BCUT2D eigenvalue weighted by Gasteiger charge is 2.43. The van der Waals surface area contributed by atoms with Crippen LogP contribution >= 0.6 is 11.6 Å². The van der Waals surface area contributed by atoms with Crippen LogP contribution in [0.4, 0.5) is 0 Å².